The van der Waals surface area contributed by atoms with E-state index in [-0.39, 0.29) is 0 Å². The summed E-state index contributed by atoms with van der Waals surface area (Å²) in [5.41, 5.74) is 2.31. The summed E-state index contributed by atoms with van der Waals surface area (Å²) >= 11 is 12.6. The summed E-state index contributed by atoms with van der Waals surface area (Å²) < 4.78 is 2.32. The molecule has 7 heteroatoms. The number of aromatic nitrogens is 2. The van der Waals surface area contributed by atoms with Gasteiger partial charge in [0.15, 0.2) is 0 Å². The molecule has 0 aromatic carbocycles. The van der Waals surface area contributed by atoms with Gasteiger partial charge >= 0.3 is 0 Å². The minimum absolute atomic E-state index is 1.03. The molecule has 0 unspecified atom stereocenters. The van der Waals surface area contributed by atoms with Crippen molar-refractivity contribution in [3.05, 3.63) is 37.7 Å². The van der Waals surface area contributed by atoms with Gasteiger partial charge in [-0.3, -0.25) is 0 Å². The van der Waals surface area contributed by atoms with Crippen molar-refractivity contribution in [2.45, 2.75) is 45.4 Å². The van der Waals surface area contributed by atoms with E-state index in [1.54, 1.807) is 22.7 Å². The standard InChI is InChI=1S/C20H20Br2N2S3/c1-2-3-4-5-6-7-16-23-17-18(24-16)20(13-9-11-15(22)26-13)27-19(17)12-8-10-14(21)25-12/h8-11H,2-7H2,1H3,(H,23,24). The summed E-state index contributed by atoms with van der Waals surface area (Å²) in [6.45, 7) is 2.26. The lowest BCUT2D eigenvalue weighted by molar-refractivity contribution is 0.625. The van der Waals surface area contributed by atoms with E-state index in [9.17, 15) is 0 Å². The van der Waals surface area contributed by atoms with Crippen molar-refractivity contribution in [1.29, 1.82) is 0 Å². The number of nitrogens with zero attached hydrogens (tertiary/aromatic N) is 1. The topological polar surface area (TPSA) is 28.7 Å². The van der Waals surface area contributed by atoms with Crippen molar-refractivity contribution >= 4 is 76.9 Å². The number of nitrogens with one attached hydrogen (secondary N) is 1. The van der Waals surface area contributed by atoms with Crippen LogP contribution in [0.2, 0.25) is 0 Å². The minimum atomic E-state index is 1.03. The van der Waals surface area contributed by atoms with Crippen LogP contribution in [0.4, 0.5) is 0 Å². The van der Waals surface area contributed by atoms with Gasteiger partial charge in [-0.1, -0.05) is 32.6 Å². The molecule has 0 amide bonds. The molecular formula is C20H20Br2N2S3. The van der Waals surface area contributed by atoms with E-state index in [1.807, 2.05) is 11.3 Å². The van der Waals surface area contributed by atoms with Crippen LogP contribution in [0, 0.1) is 0 Å². The van der Waals surface area contributed by atoms with Crippen LogP contribution in [-0.4, -0.2) is 9.97 Å². The molecule has 0 bridgehead atoms. The number of hydrogen-bond acceptors (Lipinski definition) is 4. The van der Waals surface area contributed by atoms with Crippen LogP contribution in [0.1, 0.15) is 44.9 Å². The third-order valence-electron chi connectivity index (χ3n) is 4.51. The fourth-order valence-electron chi connectivity index (χ4n) is 3.18. The summed E-state index contributed by atoms with van der Waals surface area (Å²) in [5, 5.41) is 0. The van der Waals surface area contributed by atoms with Gasteiger partial charge in [-0.2, -0.15) is 0 Å². The van der Waals surface area contributed by atoms with Gasteiger partial charge in [0.1, 0.15) is 11.3 Å². The van der Waals surface area contributed by atoms with E-state index < -0.39 is 0 Å². The fraction of sp³-hybridized carbons (Fsp3) is 0.350. The zero-order valence-electron chi connectivity index (χ0n) is 15.0. The number of aromatic amines is 1. The van der Waals surface area contributed by atoms with Gasteiger partial charge in [-0.15, -0.1) is 34.0 Å². The molecular weight excluding hydrogens is 524 g/mol. The lowest BCUT2D eigenvalue weighted by atomic mass is 10.1. The molecule has 0 radical (unpaired) electrons. The lowest BCUT2D eigenvalue weighted by Gasteiger charge is -1.98. The molecule has 4 heterocycles. The predicted molar refractivity (Wildman–Crippen MR) is 128 cm³/mol. The summed E-state index contributed by atoms with van der Waals surface area (Å²) in [5.74, 6) is 1.12. The van der Waals surface area contributed by atoms with Gasteiger partial charge in [0.2, 0.25) is 0 Å². The smallest absolute Gasteiger partial charge is 0.109 e. The summed E-state index contributed by atoms with van der Waals surface area (Å²) in [4.78, 5) is 13.8. The van der Waals surface area contributed by atoms with Crippen LogP contribution in [0.3, 0.4) is 0 Å². The SMILES string of the molecule is CCCCCCCc1nc2c(-c3ccc(Br)s3)sc(-c3ccc(Br)s3)c2[nH]1. The normalized spacial score (nSPS) is 11.7. The monoisotopic (exact) mass is 542 g/mol. The number of thiophene rings is 3. The van der Waals surface area contributed by atoms with Crippen molar-refractivity contribution in [1.82, 2.24) is 9.97 Å². The first-order chi connectivity index (χ1) is 13.2. The second kappa shape index (κ2) is 8.91. The quantitative estimate of drug-likeness (QED) is 0.220. The zero-order chi connectivity index (χ0) is 18.8. The van der Waals surface area contributed by atoms with E-state index in [2.05, 4.69) is 68.0 Å². The van der Waals surface area contributed by atoms with Gasteiger partial charge in [-0.05, 0) is 62.5 Å². The van der Waals surface area contributed by atoms with Crippen molar-refractivity contribution in [3.8, 4) is 19.5 Å². The molecule has 0 saturated heterocycles. The Bertz CT molecular complexity index is 968. The van der Waals surface area contributed by atoms with Gasteiger partial charge in [0.05, 0.1) is 22.8 Å². The van der Waals surface area contributed by atoms with Gasteiger partial charge in [0.25, 0.3) is 0 Å². The first kappa shape index (κ1) is 19.8. The van der Waals surface area contributed by atoms with Gasteiger partial charge in [0, 0.05) is 16.2 Å². The molecule has 0 saturated carbocycles. The third kappa shape index (κ3) is 4.42. The Hall–Kier alpha value is -0.470. The molecule has 2 nitrogen and oxygen atoms in total. The largest absolute Gasteiger partial charge is 0.341 e. The van der Waals surface area contributed by atoms with Crippen molar-refractivity contribution in [2.24, 2.45) is 0 Å². The molecule has 0 aliphatic rings. The highest BCUT2D eigenvalue weighted by molar-refractivity contribution is 9.11. The number of hydrogen-bond donors (Lipinski definition) is 1. The number of H-pyrrole nitrogens is 1. The molecule has 0 atom stereocenters. The molecule has 142 valence electrons. The van der Waals surface area contributed by atoms with E-state index in [1.165, 1.54) is 57.1 Å². The highest BCUT2D eigenvalue weighted by atomic mass is 79.9. The molecule has 27 heavy (non-hydrogen) atoms. The molecule has 4 rings (SSSR count). The second-order valence-corrected chi connectivity index (χ2v) is 12.5. The highest BCUT2D eigenvalue weighted by Crippen LogP contribution is 2.47. The summed E-state index contributed by atoms with van der Waals surface area (Å²) in [6.07, 6.45) is 7.48. The maximum atomic E-state index is 5.01. The molecule has 0 aliphatic heterocycles. The van der Waals surface area contributed by atoms with Gasteiger partial charge < -0.3 is 4.98 Å². The highest BCUT2D eigenvalue weighted by Gasteiger charge is 2.20. The van der Waals surface area contributed by atoms with Crippen LogP contribution in [-0.2, 0) is 6.42 Å². The second-order valence-electron chi connectivity index (χ2n) is 6.54. The third-order valence-corrected chi connectivity index (χ3v) is 9.30. The first-order valence-electron chi connectivity index (χ1n) is 9.18. The molecule has 4 aromatic rings. The Morgan fingerprint density at radius 3 is 2.15 bits per heavy atom. The Morgan fingerprint density at radius 2 is 1.52 bits per heavy atom. The molecule has 4 aromatic heterocycles. The Labute approximate surface area is 188 Å². The number of fused-ring (bicyclic) bond motifs is 1. The first-order valence-corrected chi connectivity index (χ1v) is 13.2. The maximum absolute atomic E-state index is 5.01. The predicted octanol–water partition coefficient (Wildman–Crippen LogP) is 9.12. The van der Waals surface area contributed by atoms with Crippen LogP contribution >= 0.6 is 65.9 Å². The van der Waals surface area contributed by atoms with E-state index in [4.69, 9.17) is 4.98 Å². The average Bonchev–Trinajstić information content (AvgIpc) is 3.39. The molecule has 0 fully saturated rings. The van der Waals surface area contributed by atoms with Crippen molar-refractivity contribution < 1.29 is 0 Å². The number of aryl methyl sites for hydroxylation is 1. The van der Waals surface area contributed by atoms with E-state index in [0.29, 0.717) is 0 Å². The van der Waals surface area contributed by atoms with E-state index >= 15 is 0 Å². The lowest BCUT2D eigenvalue weighted by Crippen LogP contribution is -1.88. The fourth-order valence-corrected chi connectivity index (χ4v) is 7.37. The molecule has 0 aliphatic carbocycles. The van der Waals surface area contributed by atoms with Crippen LogP contribution in [0.15, 0.2) is 31.8 Å². The number of rotatable bonds is 8. The van der Waals surface area contributed by atoms with E-state index in [0.717, 1.165) is 25.3 Å². The van der Waals surface area contributed by atoms with Crippen LogP contribution in [0.5, 0.6) is 0 Å². The maximum Gasteiger partial charge on any atom is 0.109 e. The van der Waals surface area contributed by atoms with Crippen molar-refractivity contribution in [2.75, 3.05) is 0 Å². The molecule has 1 N–H and O–H groups in total. The Kier molecular flexibility index (Phi) is 6.54. The number of halogens is 2. The number of unbranched alkanes of at least 4 members (excludes halogenated alkanes) is 4. The average molecular weight is 544 g/mol. The zero-order valence-corrected chi connectivity index (χ0v) is 20.6. The van der Waals surface area contributed by atoms with Crippen LogP contribution in [0.25, 0.3) is 30.5 Å². The Balaban J connectivity index is 1.69. The number of imidazole rings is 1. The minimum Gasteiger partial charge on any atom is -0.341 e. The molecule has 0 spiro atoms. The Morgan fingerprint density at radius 1 is 0.852 bits per heavy atom. The van der Waals surface area contributed by atoms with Gasteiger partial charge in [-0.25, -0.2) is 4.98 Å². The summed E-state index contributed by atoms with van der Waals surface area (Å²) in [6, 6.07) is 8.62. The van der Waals surface area contributed by atoms with Crippen molar-refractivity contribution in [3.63, 3.8) is 0 Å². The summed E-state index contributed by atoms with van der Waals surface area (Å²) in [7, 11) is 0. The van der Waals surface area contributed by atoms with Crippen LogP contribution < -0.4 is 0 Å².